The van der Waals surface area contributed by atoms with Crippen LogP contribution in [0.3, 0.4) is 0 Å². The molecule has 0 aliphatic carbocycles. The first-order valence-corrected chi connectivity index (χ1v) is 14.8. The van der Waals surface area contributed by atoms with E-state index in [4.69, 9.17) is 11.6 Å². The number of nitrogens with zero attached hydrogens (tertiary/aromatic N) is 3. The van der Waals surface area contributed by atoms with Gasteiger partial charge in [-0.1, -0.05) is 90.5 Å². The maximum absolute atomic E-state index is 13.4. The Labute approximate surface area is 242 Å². The zero-order chi connectivity index (χ0) is 27.3. The Bertz CT molecular complexity index is 1390. The number of fused-ring (bicyclic) bond motifs is 1. The third kappa shape index (κ3) is 6.09. The Balaban J connectivity index is 1.08. The highest BCUT2D eigenvalue weighted by Gasteiger charge is 2.26. The monoisotopic (exact) mass is 549 g/mol. The summed E-state index contributed by atoms with van der Waals surface area (Å²) in [4.78, 5) is 20.4. The van der Waals surface area contributed by atoms with Crippen LogP contribution in [0.4, 0.5) is 5.69 Å². The number of carbonyl (C=O) groups excluding carboxylic acids is 1. The van der Waals surface area contributed by atoms with Crippen molar-refractivity contribution in [2.24, 2.45) is 0 Å². The second-order valence-corrected chi connectivity index (χ2v) is 11.4. The van der Waals surface area contributed by atoms with Crippen LogP contribution >= 0.6 is 11.6 Å². The Hall–Kier alpha value is -3.60. The molecule has 0 N–H and O–H groups in total. The van der Waals surface area contributed by atoms with Crippen LogP contribution < -0.4 is 4.90 Å². The van der Waals surface area contributed by atoms with Gasteiger partial charge in [0.15, 0.2) is 0 Å². The van der Waals surface area contributed by atoms with Crippen molar-refractivity contribution in [3.05, 3.63) is 136 Å². The van der Waals surface area contributed by atoms with Crippen LogP contribution in [0.15, 0.2) is 103 Å². The van der Waals surface area contributed by atoms with Gasteiger partial charge in [-0.15, -0.1) is 0 Å². The van der Waals surface area contributed by atoms with Crippen molar-refractivity contribution in [1.82, 2.24) is 9.80 Å². The van der Waals surface area contributed by atoms with Crippen LogP contribution in [0, 0.1) is 0 Å². The third-order valence-corrected chi connectivity index (χ3v) is 8.64. The number of halogens is 1. The Kier molecular flexibility index (Phi) is 8.17. The van der Waals surface area contributed by atoms with Crippen LogP contribution in [-0.4, -0.2) is 55.0 Å². The summed E-state index contributed by atoms with van der Waals surface area (Å²) in [6, 6.07) is 36.1. The molecule has 0 aromatic heterocycles. The lowest BCUT2D eigenvalue weighted by molar-refractivity contribution is 0.0727. The fraction of sp³-hybridized carbons (Fsp3) is 0.286. The molecule has 2 aliphatic rings. The van der Waals surface area contributed by atoms with Gasteiger partial charge in [0.25, 0.3) is 5.91 Å². The van der Waals surface area contributed by atoms with E-state index < -0.39 is 0 Å². The highest BCUT2D eigenvalue weighted by molar-refractivity contribution is 6.30. The summed E-state index contributed by atoms with van der Waals surface area (Å²) < 4.78 is 0. The van der Waals surface area contributed by atoms with Crippen molar-refractivity contribution in [2.45, 2.75) is 25.3 Å². The topological polar surface area (TPSA) is 26.8 Å². The molecule has 4 aromatic rings. The number of hydrogen-bond donors (Lipinski definition) is 0. The zero-order valence-corrected chi connectivity index (χ0v) is 23.6. The Morgan fingerprint density at radius 1 is 0.725 bits per heavy atom. The van der Waals surface area contributed by atoms with E-state index in [2.05, 4.69) is 88.7 Å². The van der Waals surface area contributed by atoms with Gasteiger partial charge in [-0.05, 0) is 65.9 Å². The maximum atomic E-state index is 13.4. The maximum Gasteiger partial charge on any atom is 0.254 e. The smallest absolute Gasteiger partial charge is 0.254 e. The molecular formula is C35H36ClN3O. The molecule has 0 unspecified atom stereocenters. The van der Waals surface area contributed by atoms with Crippen molar-refractivity contribution >= 4 is 23.2 Å². The standard InChI is InChI=1S/C35H36ClN3O/c36-31-13-7-8-27(24-31)26-39-19-16-30-14-15-32(25-34(30)35(39)40)38-22-20-37(21-23-38)18-17-33(28-9-3-1-4-10-28)29-11-5-2-6-12-29/h1-15,24-25,33H,16-23,26H2. The van der Waals surface area contributed by atoms with E-state index in [1.54, 1.807) is 0 Å². The number of carbonyl (C=O) groups is 1. The largest absolute Gasteiger partial charge is 0.369 e. The lowest BCUT2D eigenvalue weighted by Crippen LogP contribution is -2.47. The molecule has 1 fully saturated rings. The van der Waals surface area contributed by atoms with Gasteiger partial charge < -0.3 is 9.80 Å². The molecule has 5 heteroatoms. The van der Waals surface area contributed by atoms with Crippen molar-refractivity contribution in [3.8, 4) is 0 Å². The van der Waals surface area contributed by atoms with Crippen molar-refractivity contribution in [2.75, 3.05) is 44.2 Å². The van der Waals surface area contributed by atoms with Gasteiger partial charge in [0.05, 0.1) is 0 Å². The summed E-state index contributed by atoms with van der Waals surface area (Å²) in [7, 11) is 0. The van der Waals surface area contributed by atoms with Gasteiger partial charge in [0.1, 0.15) is 0 Å². The molecule has 4 nitrogen and oxygen atoms in total. The van der Waals surface area contributed by atoms with Crippen LogP contribution in [0.2, 0.25) is 5.02 Å². The van der Waals surface area contributed by atoms with Gasteiger partial charge in [0.2, 0.25) is 0 Å². The van der Waals surface area contributed by atoms with Gasteiger partial charge in [-0.3, -0.25) is 9.69 Å². The predicted molar refractivity (Wildman–Crippen MR) is 164 cm³/mol. The molecule has 204 valence electrons. The molecule has 40 heavy (non-hydrogen) atoms. The van der Waals surface area contributed by atoms with Gasteiger partial charge >= 0.3 is 0 Å². The van der Waals surface area contributed by atoms with Gasteiger partial charge in [-0.2, -0.15) is 0 Å². The zero-order valence-electron chi connectivity index (χ0n) is 22.9. The number of amides is 1. The van der Waals surface area contributed by atoms with E-state index in [0.29, 0.717) is 17.5 Å². The summed E-state index contributed by atoms with van der Waals surface area (Å²) >= 11 is 6.18. The number of piperazine rings is 1. The molecule has 4 aromatic carbocycles. The van der Waals surface area contributed by atoms with Crippen molar-refractivity contribution < 1.29 is 4.79 Å². The fourth-order valence-corrected chi connectivity index (χ4v) is 6.36. The molecule has 6 rings (SSSR count). The van der Waals surface area contributed by atoms with E-state index in [9.17, 15) is 4.79 Å². The minimum absolute atomic E-state index is 0.120. The molecule has 1 saturated heterocycles. The average Bonchev–Trinajstić information content (AvgIpc) is 3.00. The summed E-state index contributed by atoms with van der Waals surface area (Å²) in [6.45, 7) is 6.41. The normalized spacial score (nSPS) is 15.9. The van der Waals surface area contributed by atoms with Crippen molar-refractivity contribution in [3.63, 3.8) is 0 Å². The number of rotatable bonds is 8. The molecule has 0 saturated carbocycles. The second kappa shape index (κ2) is 12.3. The van der Waals surface area contributed by atoms with Crippen LogP contribution in [0.5, 0.6) is 0 Å². The molecular weight excluding hydrogens is 514 g/mol. The quantitative estimate of drug-likeness (QED) is 0.240. The highest BCUT2D eigenvalue weighted by Crippen LogP contribution is 2.30. The number of hydrogen-bond acceptors (Lipinski definition) is 3. The van der Waals surface area contributed by atoms with E-state index in [0.717, 1.165) is 74.5 Å². The van der Waals surface area contributed by atoms with Crippen LogP contribution in [0.25, 0.3) is 0 Å². The number of anilines is 1. The van der Waals surface area contributed by atoms with E-state index >= 15 is 0 Å². The van der Waals surface area contributed by atoms with Crippen LogP contribution in [-0.2, 0) is 13.0 Å². The first-order valence-electron chi connectivity index (χ1n) is 14.4. The minimum Gasteiger partial charge on any atom is -0.369 e. The summed E-state index contributed by atoms with van der Waals surface area (Å²) in [6.07, 6.45) is 1.99. The molecule has 0 bridgehead atoms. The molecule has 1 amide bonds. The second-order valence-electron chi connectivity index (χ2n) is 10.9. The Morgan fingerprint density at radius 2 is 1.43 bits per heavy atom. The summed E-state index contributed by atoms with van der Waals surface area (Å²) in [5.41, 5.74) is 7.00. The first kappa shape index (κ1) is 26.6. The third-order valence-electron chi connectivity index (χ3n) is 8.40. The predicted octanol–water partition coefficient (Wildman–Crippen LogP) is 6.88. The van der Waals surface area contributed by atoms with Gasteiger partial charge in [0, 0.05) is 61.5 Å². The molecule has 0 spiro atoms. The molecule has 0 atom stereocenters. The van der Waals surface area contributed by atoms with E-state index in [-0.39, 0.29) is 5.91 Å². The van der Waals surface area contributed by atoms with Crippen molar-refractivity contribution in [1.29, 1.82) is 0 Å². The van der Waals surface area contributed by atoms with Crippen LogP contribution in [0.1, 0.15) is 45.0 Å². The summed E-state index contributed by atoms with van der Waals surface area (Å²) in [5.74, 6) is 0.525. The Morgan fingerprint density at radius 3 is 2.10 bits per heavy atom. The average molecular weight is 550 g/mol. The summed E-state index contributed by atoms with van der Waals surface area (Å²) in [5, 5.41) is 0.708. The SMILES string of the molecule is O=C1c2cc(N3CCN(CCC(c4ccccc4)c4ccccc4)CC3)ccc2CCN1Cc1cccc(Cl)c1. The van der Waals surface area contributed by atoms with Gasteiger partial charge in [-0.25, -0.2) is 0 Å². The highest BCUT2D eigenvalue weighted by atomic mass is 35.5. The van der Waals surface area contributed by atoms with E-state index in [1.807, 2.05) is 29.2 Å². The minimum atomic E-state index is 0.120. The molecule has 2 heterocycles. The number of benzene rings is 4. The first-order chi connectivity index (χ1) is 19.6. The molecule has 0 radical (unpaired) electrons. The molecule has 2 aliphatic heterocycles. The van der Waals surface area contributed by atoms with E-state index in [1.165, 1.54) is 11.1 Å². The fourth-order valence-electron chi connectivity index (χ4n) is 6.15. The lowest BCUT2D eigenvalue weighted by atomic mass is 9.88. The lowest BCUT2D eigenvalue weighted by Gasteiger charge is -2.37.